The molecule has 8 heteroatoms. The second-order valence-electron chi connectivity index (χ2n) is 4.74. The standard InChI is InChI=1S/C13H22N4O3S/c1-4-16-21(19,20)8-7-15-13(18)10-5-6-12(17(2)3)11(14)9-10/h5-6,9,16H,4,7-8,14H2,1-3H3,(H,15,18). The minimum Gasteiger partial charge on any atom is -0.397 e. The molecule has 118 valence electrons. The van der Waals surface area contributed by atoms with Gasteiger partial charge < -0.3 is 16.0 Å². The third kappa shape index (κ3) is 5.24. The lowest BCUT2D eigenvalue weighted by Gasteiger charge is -2.16. The molecule has 7 nitrogen and oxygen atoms in total. The van der Waals surface area contributed by atoms with Crippen LogP contribution < -0.4 is 20.7 Å². The second kappa shape index (κ2) is 7.28. The number of benzene rings is 1. The van der Waals surface area contributed by atoms with Crippen LogP contribution in [0.25, 0.3) is 0 Å². The highest BCUT2D eigenvalue weighted by molar-refractivity contribution is 7.89. The van der Waals surface area contributed by atoms with Crippen molar-refractivity contribution in [1.29, 1.82) is 0 Å². The monoisotopic (exact) mass is 314 g/mol. The van der Waals surface area contributed by atoms with E-state index in [4.69, 9.17) is 5.73 Å². The van der Waals surface area contributed by atoms with Crippen molar-refractivity contribution >= 4 is 27.3 Å². The molecule has 1 rings (SSSR count). The fourth-order valence-corrected chi connectivity index (χ4v) is 2.75. The van der Waals surface area contributed by atoms with E-state index in [-0.39, 0.29) is 18.2 Å². The number of anilines is 2. The van der Waals surface area contributed by atoms with E-state index in [1.807, 2.05) is 19.0 Å². The molecule has 0 spiro atoms. The zero-order chi connectivity index (χ0) is 16.0. The molecule has 0 saturated carbocycles. The number of amides is 1. The Morgan fingerprint density at radius 3 is 2.52 bits per heavy atom. The molecular weight excluding hydrogens is 292 g/mol. The molecule has 0 aliphatic heterocycles. The van der Waals surface area contributed by atoms with Gasteiger partial charge in [0.2, 0.25) is 10.0 Å². The van der Waals surface area contributed by atoms with Crippen LogP contribution in [0.4, 0.5) is 11.4 Å². The third-order valence-electron chi connectivity index (χ3n) is 2.79. The number of nitrogens with zero attached hydrogens (tertiary/aromatic N) is 1. The zero-order valence-electron chi connectivity index (χ0n) is 12.5. The molecule has 0 aromatic heterocycles. The van der Waals surface area contributed by atoms with Crippen LogP contribution in [-0.2, 0) is 10.0 Å². The van der Waals surface area contributed by atoms with Crippen LogP contribution in [0.15, 0.2) is 18.2 Å². The summed E-state index contributed by atoms with van der Waals surface area (Å²) in [5, 5.41) is 2.56. The molecule has 0 unspecified atom stereocenters. The first-order valence-corrected chi connectivity index (χ1v) is 8.24. The Balaban J connectivity index is 2.63. The lowest BCUT2D eigenvalue weighted by molar-refractivity contribution is 0.0956. The Labute approximate surface area is 125 Å². The number of carbonyl (C=O) groups excluding carboxylic acids is 1. The summed E-state index contributed by atoms with van der Waals surface area (Å²) in [6, 6.07) is 4.98. The molecule has 0 bridgehead atoms. The number of rotatable bonds is 7. The minimum absolute atomic E-state index is 0.0451. The first kappa shape index (κ1) is 17.3. The normalized spacial score (nSPS) is 11.2. The fourth-order valence-electron chi connectivity index (χ4n) is 1.80. The molecule has 1 amide bonds. The number of carbonyl (C=O) groups is 1. The highest BCUT2D eigenvalue weighted by Gasteiger charge is 2.12. The molecule has 21 heavy (non-hydrogen) atoms. The summed E-state index contributed by atoms with van der Waals surface area (Å²) < 4.78 is 25.2. The van der Waals surface area contributed by atoms with Gasteiger partial charge in [-0.1, -0.05) is 6.92 Å². The van der Waals surface area contributed by atoms with E-state index < -0.39 is 10.0 Å². The molecule has 1 aromatic rings. The van der Waals surface area contributed by atoms with Gasteiger partial charge in [-0.05, 0) is 18.2 Å². The van der Waals surface area contributed by atoms with Gasteiger partial charge in [0.1, 0.15) is 0 Å². The molecule has 0 radical (unpaired) electrons. The van der Waals surface area contributed by atoms with Gasteiger partial charge in [0.05, 0.1) is 17.1 Å². The summed E-state index contributed by atoms with van der Waals surface area (Å²) in [6.07, 6.45) is 0. The Bertz CT molecular complexity index is 599. The lowest BCUT2D eigenvalue weighted by Crippen LogP contribution is -2.34. The van der Waals surface area contributed by atoms with Gasteiger partial charge in [0.25, 0.3) is 5.91 Å². The van der Waals surface area contributed by atoms with Crippen molar-refractivity contribution in [3.8, 4) is 0 Å². The summed E-state index contributed by atoms with van der Waals surface area (Å²) in [7, 11) is 0.385. The van der Waals surface area contributed by atoms with Crippen molar-refractivity contribution in [2.75, 3.05) is 43.6 Å². The largest absolute Gasteiger partial charge is 0.397 e. The van der Waals surface area contributed by atoms with Crippen molar-refractivity contribution in [3.05, 3.63) is 23.8 Å². The van der Waals surface area contributed by atoms with Crippen molar-refractivity contribution < 1.29 is 13.2 Å². The average molecular weight is 314 g/mol. The van der Waals surface area contributed by atoms with Crippen molar-refractivity contribution in [3.63, 3.8) is 0 Å². The lowest BCUT2D eigenvalue weighted by atomic mass is 10.1. The Morgan fingerprint density at radius 1 is 1.33 bits per heavy atom. The van der Waals surface area contributed by atoms with Gasteiger partial charge in [0, 0.05) is 32.7 Å². The number of hydrogen-bond acceptors (Lipinski definition) is 5. The van der Waals surface area contributed by atoms with Gasteiger partial charge in [-0.25, -0.2) is 13.1 Å². The molecule has 0 fully saturated rings. The number of nitrogens with two attached hydrogens (primary N) is 1. The number of nitrogens with one attached hydrogen (secondary N) is 2. The smallest absolute Gasteiger partial charge is 0.251 e. The van der Waals surface area contributed by atoms with E-state index in [9.17, 15) is 13.2 Å². The summed E-state index contributed by atoms with van der Waals surface area (Å²) >= 11 is 0. The maximum absolute atomic E-state index is 11.9. The average Bonchev–Trinajstić information content (AvgIpc) is 2.37. The summed E-state index contributed by atoms with van der Waals surface area (Å²) in [5.41, 5.74) is 7.59. The molecule has 0 aliphatic carbocycles. The van der Waals surface area contributed by atoms with Crippen LogP contribution in [0.3, 0.4) is 0 Å². The highest BCUT2D eigenvalue weighted by Crippen LogP contribution is 2.22. The van der Waals surface area contributed by atoms with Crippen LogP contribution in [0.5, 0.6) is 0 Å². The molecule has 0 aliphatic rings. The van der Waals surface area contributed by atoms with Crippen molar-refractivity contribution in [2.45, 2.75) is 6.92 Å². The summed E-state index contributed by atoms with van der Waals surface area (Å²) in [4.78, 5) is 13.8. The number of nitrogen functional groups attached to an aromatic ring is 1. The molecular formula is C13H22N4O3S. The minimum atomic E-state index is -3.33. The van der Waals surface area contributed by atoms with E-state index in [1.54, 1.807) is 25.1 Å². The van der Waals surface area contributed by atoms with E-state index in [1.165, 1.54) is 0 Å². The number of hydrogen-bond donors (Lipinski definition) is 3. The van der Waals surface area contributed by atoms with Gasteiger partial charge in [-0.15, -0.1) is 0 Å². The first-order chi connectivity index (χ1) is 9.76. The van der Waals surface area contributed by atoms with Gasteiger partial charge in [0.15, 0.2) is 0 Å². The highest BCUT2D eigenvalue weighted by atomic mass is 32.2. The van der Waals surface area contributed by atoms with E-state index in [0.717, 1.165) is 5.69 Å². The molecule has 4 N–H and O–H groups in total. The van der Waals surface area contributed by atoms with Crippen LogP contribution in [0, 0.1) is 0 Å². The molecule has 1 aromatic carbocycles. The van der Waals surface area contributed by atoms with E-state index >= 15 is 0 Å². The molecule has 0 heterocycles. The summed E-state index contributed by atoms with van der Waals surface area (Å²) in [6.45, 7) is 2.08. The van der Waals surface area contributed by atoms with E-state index in [0.29, 0.717) is 17.8 Å². The van der Waals surface area contributed by atoms with Gasteiger partial charge >= 0.3 is 0 Å². The molecule has 0 atom stereocenters. The van der Waals surface area contributed by atoms with Crippen LogP contribution in [0.1, 0.15) is 17.3 Å². The Kier molecular flexibility index (Phi) is 5.98. The second-order valence-corrected chi connectivity index (χ2v) is 6.67. The van der Waals surface area contributed by atoms with Crippen LogP contribution in [-0.4, -0.2) is 47.3 Å². The number of sulfonamides is 1. The maximum Gasteiger partial charge on any atom is 0.251 e. The topological polar surface area (TPSA) is 105 Å². The van der Waals surface area contributed by atoms with E-state index in [2.05, 4.69) is 10.0 Å². The zero-order valence-corrected chi connectivity index (χ0v) is 13.3. The fraction of sp³-hybridized carbons (Fsp3) is 0.462. The van der Waals surface area contributed by atoms with Crippen molar-refractivity contribution in [2.24, 2.45) is 0 Å². The quantitative estimate of drug-likeness (QED) is 0.615. The van der Waals surface area contributed by atoms with Gasteiger partial charge in [-0.2, -0.15) is 0 Å². The molecule has 0 saturated heterocycles. The maximum atomic E-state index is 11.9. The Hall–Kier alpha value is -1.80. The third-order valence-corrected chi connectivity index (χ3v) is 4.26. The predicted molar refractivity (Wildman–Crippen MR) is 85.0 cm³/mol. The van der Waals surface area contributed by atoms with Crippen molar-refractivity contribution in [1.82, 2.24) is 10.0 Å². The predicted octanol–water partition coefficient (Wildman–Crippen LogP) is 0.00390. The first-order valence-electron chi connectivity index (χ1n) is 6.59. The van der Waals surface area contributed by atoms with Gasteiger partial charge in [-0.3, -0.25) is 4.79 Å². The van der Waals surface area contributed by atoms with Crippen LogP contribution >= 0.6 is 0 Å². The Morgan fingerprint density at radius 2 is 2.00 bits per heavy atom. The SMILES string of the molecule is CCNS(=O)(=O)CCNC(=O)c1ccc(N(C)C)c(N)c1. The van der Waals surface area contributed by atoms with Crippen LogP contribution in [0.2, 0.25) is 0 Å². The summed E-state index contributed by atoms with van der Waals surface area (Å²) in [5.74, 6) is -0.503.